The SMILES string of the molecule is COc1ccc(NC(=O)C(c2cc(C)cc(C)c2)N(CC#N)C(=O)CNC(=O)OC(C)(C)C)cc1. The molecule has 0 aliphatic heterocycles. The molecule has 9 heteroatoms. The summed E-state index contributed by atoms with van der Waals surface area (Å²) < 4.78 is 10.3. The van der Waals surface area contributed by atoms with Crippen molar-refractivity contribution in [2.45, 2.75) is 46.3 Å². The van der Waals surface area contributed by atoms with Crippen molar-refractivity contribution in [1.82, 2.24) is 10.2 Å². The summed E-state index contributed by atoms with van der Waals surface area (Å²) in [5.41, 5.74) is 2.12. The number of ether oxygens (including phenoxy) is 2. The lowest BCUT2D eigenvalue weighted by molar-refractivity contribution is -0.137. The lowest BCUT2D eigenvalue weighted by Gasteiger charge is -2.30. The number of hydrogen-bond acceptors (Lipinski definition) is 6. The molecule has 0 aliphatic carbocycles. The van der Waals surface area contributed by atoms with Gasteiger partial charge in [-0.2, -0.15) is 5.26 Å². The minimum atomic E-state index is -1.11. The summed E-state index contributed by atoms with van der Waals surface area (Å²) in [6, 6.07) is 13.1. The van der Waals surface area contributed by atoms with Gasteiger partial charge >= 0.3 is 6.09 Å². The molecule has 0 aromatic heterocycles. The molecule has 0 spiro atoms. The standard InChI is InChI=1S/C26H32N4O5/c1-17-13-18(2)15-19(14-17)23(24(32)29-20-7-9-21(34-6)10-8-20)30(12-11-27)22(31)16-28-25(33)35-26(3,4)5/h7-10,13-15,23H,12,16H2,1-6H3,(H,28,33)(H,29,32). The Labute approximate surface area is 206 Å². The van der Waals surface area contributed by atoms with Crippen LogP contribution in [0, 0.1) is 25.2 Å². The summed E-state index contributed by atoms with van der Waals surface area (Å²) in [5, 5.41) is 14.7. The highest BCUT2D eigenvalue weighted by Gasteiger charge is 2.32. The highest BCUT2D eigenvalue weighted by Crippen LogP contribution is 2.26. The number of hydrogen-bond donors (Lipinski definition) is 2. The lowest BCUT2D eigenvalue weighted by Crippen LogP contribution is -2.46. The third-order valence-corrected chi connectivity index (χ3v) is 4.82. The first-order valence-electron chi connectivity index (χ1n) is 11.1. The van der Waals surface area contributed by atoms with Crippen molar-refractivity contribution in [2.75, 3.05) is 25.5 Å². The Hall–Kier alpha value is -4.06. The molecule has 0 bridgehead atoms. The molecule has 1 atom stereocenters. The average Bonchev–Trinajstić information content (AvgIpc) is 2.76. The van der Waals surface area contributed by atoms with E-state index in [-0.39, 0.29) is 6.54 Å². The Morgan fingerprint density at radius 1 is 1.06 bits per heavy atom. The number of nitriles is 1. The fourth-order valence-electron chi connectivity index (χ4n) is 3.49. The maximum absolute atomic E-state index is 13.5. The van der Waals surface area contributed by atoms with Crippen LogP contribution in [0.5, 0.6) is 5.75 Å². The number of aryl methyl sites for hydroxylation is 2. The van der Waals surface area contributed by atoms with Gasteiger partial charge in [0, 0.05) is 5.69 Å². The summed E-state index contributed by atoms with van der Waals surface area (Å²) in [4.78, 5) is 39.8. The van der Waals surface area contributed by atoms with Crippen molar-refractivity contribution < 1.29 is 23.9 Å². The molecule has 0 saturated heterocycles. The zero-order valence-corrected chi connectivity index (χ0v) is 21.0. The first kappa shape index (κ1) is 27.2. The zero-order chi connectivity index (χ0) is 26.2. The number of nitrogens with one attached hydrogen (secondary N) is 2. The second kappa shape index (κ2) is 11.9. The monoisotopic (exact) mass is 480 g/mol. The van der Waals surface area contributed by atoms with E-state index in [0.29, 0.717) is 17.0 Å². The van der Waals surface area contributed by atoms with E-state index >= 15 is 0 Å². The molecule has 186 valence electrons. The van der Waals surface area contributed by atoms with Crippen LogP contribution >= 0.6 is 0 Å². The molecule has 2 rings (SSSR count). The van der Waals surface area contributed by atoms with E-state index in [9.17, 15) is 19.6 Å². The molecule has 2 aromatic carbocycles. The Morgan fingerprint density at radius 2 is 1.66 bits per heavy atom. The topological polar surface area (TPSA) is 121 Å². The number of alkyl carbamates (subject to hydrolysis) is 1. The van der Waals surface area contributed by atoms with Crippen molar-refractivity contribution >= 4 is 23.6 Å². The number of nitrogens with zero attached hydrogens (tertiary/aromatic N) is 2. The van der Waals surface area contributed by atoms with Gasteiger partial charge in [-0.1, -0.05) is 29.3 Å². The second-order valence-corrected chi connectivity index (χ2v) is 9.08. The maximum atomic E-state index is 13.5. The van der Waals surface area contributed by atoms with Crippen molar-refractivity contribution in [3.63, 3.8) is 0 Å². The highest BCUT2D eigenvalue weighted by atomic mass is 16.6. The Morgan fingerprint density at radius 3 is 2.17 bits per heavy atom. The number of rotatable bonds is 8. The molecule has 0 heterocycles. The van der Waals surface area contributed by atoms with Gasteiger partial charge in [-0.3, -0.25) is 9.59 Å². The Balaban J connectivity index is 2.37. The largest absolute Gasteiger partial charge is 0.497 e. The number of benzene rings is 2. The van der Waals surface area contributed by atoms with Crippen LogP contribution in [0.1, 0.15) is 43.5 Å². The normalized spacial score (nSPS) is 11.6. The molecule has 9 nitrogen and oxygen atoms in total. The molecule has 2 aromatic rings. The van der Waals surface area contributed by atoms with Crippen LogP contribution in [0.3, 0.4) is 0 Å². The predicted octanol–water partition coefficient (Wildman–Crippen LogP) is 3.87. The first-order chi connectivity index (χ1) is 16.4. The molecule has 35 heavy (non-hydrogen) atoms. The molecule has 2 N–H and O–H groups in total. The summed E-state index contributed by atoms with van der Waals surface area (Å²) >= 11 is 0. The molecular weight excluding hydrogens is 448 g/mol. The van der Waals surface area contributed by atoms with E-state index in [0.717, 1.165) is 16.0 Å². The lowest BCUT2D eigenvalue weighted by atomic mass is 9.99. The first-order valence-corrected chi connectivity index (χ1v) is 11.1. The van der Waals surface area contributed by atoms with Gasteiger partial charge in [0.15, 0.2) is 0 Å². The van der Waals surface area contributed by atoms with Crippen molar-refractivity contribution in [1.29, 1.82) is 5.26 Å². The van der Waals surface area contributed by atoms with Gasteiger partial charge in [0.25, 0.3) is 5.91 Å². The summed E-state index contributed by atoms with van der Waals surface area (Å²) in [5.74, 6) is -0.476. The number of anilines is 1. The second-order valence-electron chi connectivity index (χ2n) is 9.08. The van der Waals surface area contributed by atoms with Crippen LogP contribution in [-0.2, 0) is 14.3 Å². The smallest absolute Gasteiger partial charge is 0.408 e. The molecule has 0 aliphatic rings. The zero-order valence-electron chi connectivity index (χ0n) is 21.0. The Kier molecular flexibility index (Phi) is 9.23. The van der Waals surface area contributed by atoms with Gasteiger partial charge in [-0.15, -0.1) is 0 Å². The minimum Gasteiger partial charge on any atom is -0.497 e. The maximum Gasteiger partial charge on any atom is 0.408 e. The highest BCUT2D eigenvalue weighted by molar-refractivity contribution is 5.98. The van der Waals surface area contributed by atoms with Gasteiger partial charge in [0.1, 0.15) is 30.5 Å². The van der Waals surface area contributed by atoms with Crippen molar-refractivity contribution in [3.8, 4) is 11.8 Å². The molecule has 0 fully saturated rings. The summed E-state index contributed by atoms with van der Waals surface area (Å²) in [7, 11) is 1.54. The van der Waals surface area contributed by atoms with Crippen LogP contribution in [0.15, 0.2) is 42.5 Å². The number of carbonyl (C=O) groups excluding carboxylic acids is 3. The average molecular weight is 481 g/mol. The van der Waals surface area contributed by atoms with Crippen molar-refractivity contribution in [3.05, 3.63) is 59.2 Å². The van der Waals surface area contributed by atoms with E-state index in [2.05, 4.69) is 10.6 Å². The molecule has 0 radical (unpaired) electrons. The quantitative estimate of drug-likeness (QED) is 0.554. The predicted molar refractivity (Wildman–Crippen MR) is 132 cm³/mol. The Bertz CT molecular complexity index is 1080. The van der Waals surface area contributed by atoms with E-state index in [1.165, 1.54) is 0 Å². The van der Waals surface area contributed by atoms with Crippen LogP contribution in [0.2, 0.25) is 0 Å². The number of methoxy groups -OCH3 is 1. The van der Waals surface area contributed by atoms with Gasteiger partial charge in [-0.25, -0.2) is 4.79 Å². The molecule has 1 unspecified atom stereocenters. The van der Waals surface area contributed by atoms with Gasteiger partial charge in [0.05, 0.1) is 13.2 Å². The third kappa shape index (κ3) is 8.34. The fourth-order valence-corrected chi connectivity index (χ4v) is 3.49. The van der Waals surface area contributed by atoms with Crippen LogP contribution < -0.4 is 15.4 Å². The summed E-state index contributed by atoms with van der Waals surface area (Å²) in [6.07, 6.45) is -0.770. The number of carbonyl (C=O) groups is 3. The van der Waals surface area contributed by atoms with Crippen LogP contribution in [0.4, 0.5) is 10.5 Å². The minimum absolute atomic E-state index is 0.359. The fraction of sp³-hybridized carbons (Fsp3) is 0.385. The van der Waals surface area contributed by atoms with E-state index in [4.69, 9.17) is 9.47 Å². The van der Waals surface area contributed by atoms with Crippen molar-refractivity contribution in [2.24, 2.45) is 0 Å². The number of amides is 3. The van der Waals surface area contributed by atoms with E-state index in [1.807, 2.05) is 26.0 Å². The summed E-state index contributed by atoms with van der Waals surface area (Å²) in [6.45, 7) is 8.09. The van der Waals surface area contributed by atoms with E-state index in [1.54, 1.807) is 64.3 Å². The van der Waals surface area contributed by atoms with Crippen LogP contribution in [-0.4, -0.2) is 48.6 Å². The van der Waals surface area contributed by atoms with Crippen LogP contribution in [0.25, 0.3) is 0 Å². The van der Waals surface area contributed by atoms with E-state index < -0.39 is 36.1 Å². The van der Waals surface area contributed by atoms with Gasteiger partial charge < -0.3 is 25.0 Å². The van der Waals surface area contributed by atoms with Gasteiger partial charge in [-0.05, 0) is 64.4 Å². The molecular formula is C26H32N4O5. The van der Waals surface area contributed by atoms with Gasteiger partial charge in [0.2, 0.25) is 5.91 Å². The molecule has 3 amide bonds. The molecule has 0 saturated carbocycles. The third-order valence-electron chi connectivity index (χ3n) is 4.82.